The van der Waals surface area contributed by atoms with E-state index in [1.165, 1.54) is 44.2 Å². The van der Waals surface area contributed by atoms with Gasteiger partial charge in [-0.05, 0) is 97.6 Å². The van der Waals surface area contributed by atoms with Gasteiger partial charge in [-0.2, -0.15) is 0 Å². The first-order valence-electron chi connectivity index (χ1n) is 12.4. The number of aryl methyl sites for hydroxylation is 1. The van der Waals surface area contributed by atoms with E-state index >= 15 is 8.78 Å². The summed E-state index contributed by atoms with van der Waals surface area (Å²) in [5, 5.41) is 0. The lowest BCUT2D eigenvalue weighted by molar-refractivity contribution is 0.301. The molecule has 0 amide bonds. The highest BCUT2D eigenvalue weighted by atomic mass is 19.2. The van der Waals surface area contributed by atoms with E-state index in [9.17, 15) is 8.78 Å². The Morgan fingerprint density at radius 2 is 1.50 bits per heavy atom. The molecule has 0 radical (unpaired) electrons. The van der Waals surface area contributed by atoms with Crippen LogP contribution in [0.25, 0.3) is 0 Å². The van der Waals surface area contributed by atoms with E-state index in [1.807, 2.05) is 0 Å². The van der Waals surface area contributed by atoms with Gasteiger partial charge in [0, 0.05) is 5.56 Å². The van der Waals surface area contributed by atoms with Gasteiger partial charge in [-0.1, -0.05) is 45.1 Å². The SMILES string of the molecule is CCCCCCC1CCC(c2cc(F)c(C3CCc4ccc(F)c(F)c4C3)c(F)c2)CC1. The molecule has 1 fully saturated rings. The van der Waals surface area contributed by atoms with Crippen molar-refractivity contribution in [1.29, 1.82) is 0 Å². The van der Waals surface area contributed by atoms with Crippen LogP contribution in [0.3, 0.4) is 0 Å². The molecule has 2 aliphatic carbocycles. The minimum Gasteiger partial charge on any atom is -0.207 e. The second-order valence-corrected chi connectivity index (χ2v) is 9.90. The molecule has 0 aliphatic heterocycles. The maximum Gasteiger partial charge on any atom is 0.162 e. The molecule has 0 aromatic heterocycles. The fourth-order valence-corrected chi connectivity index (χ4v) is 5.89. The average Bonchev–Trinajstić information content (AvgIpc) is 2.79. The predicted octanol–water partition coefficient (Wildman–Crippen LogP) is 8.76. The zero-order valence-corrected chi connectivity index (χ0v) is 19.0. The summed E-state index contributed by atoms with van der Waals surface area (Å²) >= 11 is 0. The Morgan fingerprint density at radius 3 is 2.19 bits per heavy atom. The van der Waals surface area contributed by atoms with E-state index in [0.717, 1.165) is 48.8 Å². The molecule has 2 aromatic rings. The molecule has 1 unspecified atom stereocenters. The Morgan fingerprint density at radius 1 is 0.781 bits per heavy atom. The van der Waals surface area contributed by atoms with E-state index in [4.69, 9.17) is 0 Å². The monoisotopic (exact) mass is 446 g/mol. The fraction of sp³-hybridized carbons (Fsp3) is 0.571. The minimum absolute atomic E-state index is 0.0349. The van der Waals surface area contributed by atoms with Gasteiger partial charge in [0.2, 0.25) is 0 Å². The Balaban J connectivity index is 1.43. The minimum atomic E-state index is -0.901. The molecule has 174 valence electrons. The smallest absolute Gasteiger partial charge is 0.162 e. The van der Waals surface area contributed by atoms with Crippen molar-refractivity contribution < 1.29 is 17.6 Å². The molecule has 1 saturated carbocycles. The lowest BCUT2D eigenvalue weighted by Gasteiger charge is -2.30. The van der Waals surface area contributed by atoms with Gasteiger partial charge in [0.05, 0.1) is 0 Å². The lowest BCUT2D eigenvalue weighted by atomic mass is 9.75. The molecule has 2 aliphatic rings. The molecule has 0 spiro atoms. The highest BCUT2D eigenvalue weighted by molar-refractivity contribution is 5.38. The van der Waals surface area contributed by atoms with Crippen molar-refractivity contribution >= 4 is 0 Å². The second kappa shape index (κ2) is 10.4. The third-order valence-corrected chi connectivity index (χ3v) is 7.80. The summed E-state index contributed by atoms with van der Waals surface area (Å²) in [7, 11) is 0. The van der Waals surface area contributed by atoms with Crippen molar-refractivity contribution in [2.24, 2.45) is 5.92 Å². The van der Waals surface area contributed by atoms with Gasteiger partial charge >= 0.3 is 0 Å². The quantitative estimate of drug-likeness (QED) is 0.294. The number of unbranched alkanes of at least 4 members (excludes halogenated alkanes) is 3. The molecule has 0 heterocycles. The van der Waals surface area contributed by atoms with Crippen LogP contribution in [0.15, 0.2) is 24.3 Å². The van der Waals surface area contributed by atoms with E-state index in [2.05, 4.69) is 6.92 Å². The molecule has 1 atom stereocenters. The molecular weight excluding hydrogens is 412 g/mol. The zero-order valence-electron chi connectivity index (χ0n) is 19.0. The largest absolute Gasteiger partial charge is 0.207 e. The normalized spacial score (nSPS) is 23.2. The summed E-state index contributed by atoms with van der Waals surface area (Å²) in [5.41, 5.74) is 1.79. The summed E-state index contributed by atoms with van der Waals surface area (Å²) in [6, 6.07) is 5.72. The van der Waals surface area contributed by atoms with Crippen molar-refractivity contribution in [3.05, 3.63) is 69.8 Å². The maximum absolute atomic E-state index is 15.1. The molecular formula is C28H34F4. The highest BCUT2D eigenvalue weighted by Gasteiger charge is 2.30. The number of rotatable bonds is 7. The molecule has 4 heteroatoms. The van der Waals surface area contributed by atoms with E-state index < -0.39 is 29.2 Å². The lowest BCUT2D eigenvalue weighted by Crippen LogP contribution is -2.18. The maximum atomic E-state index is 15.1. The second-order valence-electron chi connectivity index (χ2n) is 9.90. The number of hydrogen-bond acceptors (Lipinski definition) is 0. The average molecular weight is 447 g/mol. The Bertz CT molecular complexity index is 904. The molecule has 0 saturated heterocycles. The predicted molar refractivity (Wildman–Crippen MR) is 121 cm³/mol. The highest BCUT2D eigenvalue weighted by Crippen LogP contribution is 2.41. The first-order chi connectivity index (χ1) is 15.5. The summed E-state index contributed by atoms with van der Waals surface area (Å²) in [5.74, 6) is -2.36. The third kappa shape index (κ3) is 5.05. The summed E-state index contributed by atoms with van der Waals surface area (Å²) < 4.78 is 58.2. The van der Waals surface area contributed by atoms with Gasteiger partial charge in [0.25, 0.3) is 0 Å². The molecule has 2 aromatic carbocycles. The first kappa shape index (κ1) is 23.3. The number of hydrogen-bond donors (Lipinski definition) is 0. The van der Waals surface area contributed by atoms with Crippen molar-refractivity contribution in [3.8, 4) is 0 Å². The van der Waals surface area contributed by atoms with E-state index in [0.29, 0.717) is 12.8 Å². The number of halogens is 4. The van der Waals surface area contributed by atoms with Gasteiger partial charge < -0.3 is 0 Å². The summed E-state index contributed by atoms with van der Waals surface area (Å²) in [6.45, 7) is 2.22. The molecule has 0 nitrogen and oxygen atoms in total. The van der Waals surface area contributed by atoms with Crippen LogP contribution < -0.4 is 0 Å². The Hall–Kier alpha value is -1.84. The zero-order chi connectivity index (χ0) is 22.7. The summed E-state index contributed by atoms with van der Waals surface area (Å²) in [4.78, 5) is 0. The number of fused-ring (bicyclic) bond motifs is 1. The van der Waals surface area contributed by atoms with Crippen LogP contribution in [0.2, 0.25) is 0 Å². The van der Waals surface area contributed by atoms with Crippen LogP contribution in [0.5, 0.6) is 0 Å². The van der Waals surface area contributed by atoms with Crippen molar-refractivity contribution in [1.82, 2.24) is 0 Å². The van der Waals surface area contributed by atoms with Crippen LogP contribution in [-0.2, 0) is 12.8 Å². The molecule has 0 N–H and O–H groups in total. The molecule has 32 heavy (non-hydrogen) atoms. The van der Waals surface area contributed by atoms with E-state index in [1.54, 1.807) is 6.07 Å². The summed E-state index contributed by atoms with van der Waals surface area (Å²) in [6.07, 6.45) is 11.8. The molecule has 4 rings (SSSR count). The fourth-order valence-electron chi connectivity index (χ4n) is 5.89. The van der Waals surface area contributed by atoms with Crippen LogP contribution in [-0.4, -0.2) is 0 Å². The van der Waals surface area contributed by atoms with Crippen LogP contribution in [0, 0.1) is 29.2 Å². The number of benzene rings is 2. The van der Waals surface area contributed by atoms with Gasteiger partial charge in [-0.15, -0.1) is 0 Å². The van der Waals surface area contributed by atoms with Crippen molar-refractivity contribution in [3.63, 3.8) is 0 Å². The van der Waals surface area contributed by atoms with Crippen molar-refractivity contribution in [2.45, 2.75) is 95.8 Å². The standard InChI is InChI=1S/C28H34F4/c1-2-3-4-5-6-18-7-9-19(10-8-18)22-16-25(30)27(26(31)17-22)21-12-11-20-13-14-24(29)28(32)23(20)15-21/h13-14,16-19,21H,2-12,15H2,1H3. The Kier molecular flexibility index (Phi) is 7.58. The van der Waals surface area contributed by atoms with Gasteiger partial charge in [-0.3, -0.25) is 0 Å². The van der Waals surface area contributed by atoms with Crippen LogP contribution >= 0.6 is 0 Å². The third-order valence-electron chi connectivity index (χ3n) is 7.80. The van der Waals surface area contributed by atoms with Gasteiger partial charge in [0.1, 0.15) is 11.6 Å². The van der Waals surface area contributed by atoms with E-state index in [-0.39, 0.29) is 23.5 Å². The van der Waals surface area contributed by atoms with Crippen molar-refractivity contribution in [2.75, 3.05) is 0 Å². The first-order valence-corrected chi connectivity index (χ1v) is 12.4. The molecule has 0 bridgehead atoms. The van der Waals surface area contributed by atoms with Gasteiger partial charge in [-0.25, -0.2) is 17.6 Å². The van der Waals surface area contributed by atoms with Crippen LogP contribution in [0.4, 0.5) is 17.6 Å². The Labute approximate surface area is 189 Å². The van der Waals surface area contributed by atoms with Crippen LogP contribution in [0.1, 0.15) is 105 Å². The topological polar surface area (TPSA) is 0 Å². The van der Waals surface area contributed by atoms with Gasteiger partial charge in [0.15, 0.2) is 11.6 Å².